The normalized spacial score (nSPS) is 10.5. The summed E-state index contributed by atoms with van der Waals surface area (Å²) in [6.45, 7) is 5.38. The number of methoxy groups -OCH3 is 1. The topological polar surface area (TPSA) is 106 Å². The van der Waals surface area contributed by atoms with Crippen LogP contribution in [-0.2, 0) is 4.74 Å². The van der Waals surface area contributed by atoms with Gasteiger partial charge in [-0.2, -0.15) is 5.10 Å². The molecule has 0 aliphatic heterocycles. The minimum atomic E-state index is -0.661. The van der Waals surface area contributed by atoms with Gasteiger partial charge < -0.3 is 14.8 Å². The second kappa shape index (κ2) is 9.25. The number of amides is 1. The van der Waals surface area contributed by atoms with Gasteiger partial charge in [-0.1, -0.05) is 17.7 Å². The minimum Gasteiger partial charge on any atom is -0.497 e. The zero-order valence-electron chi connectivity index (χ0n) is 17.9. The second-order valence-corrected chi connectivity index (χ2v) is 6.85. The molecule has 31 heavy (non-hydrogen) atoms. The Bertz CT molecular complexity index is 1170. The van der Waals surface area contributed by atoms with Gasteiger partial charge in [-0.3, -0.25) is 10.2 Å². The molecule has 0 atom stereocenters. The van der Waals surface area contributed by atoms with Crippen molar-refractivity contribution in [1.82, 2.24) is 9.78 Å². The summed E-state index contributed by atoms with van der Waals surface area (Å²) in [5.74, 6) is -0.542. The molecule has 2 aromatic carbocycles. The first-order valence-electron chi connectivity index (χ1n) is 9.73. The fourth-order valence-electron chi connectivity index (χ4n) is 3.04. The number of anilines is 1. The van der Waals surface area contributed by atoms with Gasteiger partial charge in [0, 0.05) is 11.3 Å². The standard InChI is InChI=1S/C23H24N4O4/c1-5-31-23(29)20-15(3)19(22(28)25-16-8-6-14(2)7-9-16)21(24)27(26-20)17-10-12-18(30-4)13-11-17/h6-13,24H,5H2,1-4H3,(H,25,28). The highest BCUT2D eigenvalue weighted by atomic mass is 16.5. The van der Waals surface area contributed by atoms with Crippen LogP contribution in [0.25, 0.3) is 5.69 Å². The summed E-state index contributed by atoms with van der Waals surface area (Å²) in [5.41, 5.74) is 2.28. The van der Waals surface area contributed by atoms with Crippen LogP contribution in [0.3, 0.4) is 0 Å². The maximum Gasteiger partial charge on any atom is 0.359 e. The van der Waals surface area contributed by atoms with E-state index in [9.17, 15) is 9.59 Å². The van der Waals surface area contributed by atoms with Gasteiger partial charge in [-0.15, -0.1) is 0 Å². The first kappa shape index (κ1) is 21.8. The number of benzene rings is 2. The molecule has 0 fully saturated rings. The van der Waals surface area contributed by atoms with Crippen LogP contribution in [0.5, 0.6) is 5.75 Å². The number of nitrogens with one attached hydrogen (secondary N) is 2. The van der Waals surface area contributed by atoms with Crippen LogP contribution in [0.2, 0.25) is 0 Å². The monoisotopic (exact) mass is 420 g/mol. The summed E-state index contributed by atoms with van der Waals surface area (Å²) in [4.78, 5) is 25.6. The minimum absolute atomic E-state index is 0.0253. The Morgan fingerprint density at radius 2 is 1.71 bits per heavy atom. The van der Waals surface area contributed by atoms with Gasteiger partial charge in [0.2, 0.25) is 0 Å². The molecule has 0 aliphatic rings. The van der Waals surface area contributed by atoms with Gasteiger partial charge in [0.25, 0.3) is 5.91 Å². The molecule has 0 radical (unpaired) electrons. The Balaban J connectivity index is 2.14. The van der Waals surface area contributed by atoms with E-state index in [1.165, 1.54) is 4.68 Å². The molecule has 2 N–H and O–H groups in total. The molecular weight excluding hydrogens is 396 g/mol. The highest BCUT2D eigenvalue weighted by Crippen LogP contribution is 2.17. The molecule has 1 heterocycles. The number of aromatic nitrogens is 2. The fraction of sp³-hybridized carbons (Fsp3) is 0.217. The average Bonchev–Trinajstić information content (AvgIpc) is 2.76. The molecule has 1 amide bonds. The largest absolute Gasteiger partial charge is 0.497 e. The van der Waals surface area contributed by atoms with E-state index in [1.54, 1.807) is 57.4 Å². The third-order valence-electron chi connectivity index (χ3n) is 4.70. The predicted octanol–water partition coefficient (Wildman–Crippen LogP) is 3.41. The number of hydrogen-bond acceptors (Lipinski definition) is 6. The van der Waals surface area contributed by atoms with Crippen molar-refractivity contribution in [2.75, 3.05) is 19.0 Å². The Morgan fingerprint density at radius 1 is 1.06 bits per heavy atom. The molecule has 8 nitrogen and oxygen atoms in total. The van der Waals surface area contributed by atoms with Crippen LogP contribution < -0.4 is 15.5 Å². The SMILES string of the molecule is CCOC(=O)c1nn(-c2ccc(OC)cc2)c(=N)c(C(=O)Nc2ccc(C)cc2)c1C. The maximum atomic E-state index is 13.1. The lowest BCUT2D eigenvalue weighted by Gasteiger charge is -2.15. The lowest BCUT2D eigenvalue weighted by atomic mass is 10.1. The molecule has 0 spiro atoms. The van der Waals surface area contributed by atoms with Crippen molar-refractivity contribution in [2.24, 2.45) is 0 Å². The molecular formula is C23H24N4O4. The number of ether oxygens (including phenoxy) is 2. The third-order valence-corrected chi connectivity index (χ3v) is 4.70. The number of hydrogen-bond donors (Lipinski definition) is 2. The van der Waals surface area contributed by atoms with Crippen molar-refractivity contribution >= 4 is 17.6 Å². The second-order valence-electron chi connectivity index (χ2n) is 6.85. The number of carbonyl (C=O) groups excluding carboxylic acids is 2. The highest BCUT2D eigenvalue weighted by Gasteiger charge is 2.24. The molecule has 3 aromatic rings. The number of carbonyl (C=O) groups is 2. The smallest absolute Gasteiger partial charge is 0.359 e. The number of rotatable bonds is 6. The van der Waals surface area contributed by atoms with Crippen molar-refractivity contribution < 1.29 is 19.1 Å². The molecule has 1 aromatic heterocycles. The quantitative estimate of drug-likeness (QED) is 0.595. The first-order valence-corrected chi connectivity index (χ1v) is 9.73. The molecule has 3 rings (SSSR count). The Labute approximate surface area is 180 Å². The van der Waals surface area contributed by atoms with E-state index in [2.05, 4.69) is 10.4 Å². The van der Waals surface area contributed by atoms with Gasteiger partial charge in [0.15, 0.2) is 11.2 Å². The Hall–Kier alpha value is -3.94. The zero-order valence-corrected chi connectivity index (χ0v) is 17.9. The lowest BCUT2D eigenvalue weighted by molar-refractivity contribution is 0.0516. The summed E-state index contributed by atoms with van der Waals surface area (Å²) in [5, 5.41) is 15.8. The van der Waals surface area contributed by atoms with E-state index < -0.39 is 11.9 Å². The molecule has 0 unspecified atom stereocenters. The van der Waals surface area contributed by atoms with E-state index in [1.807, 2.05) is 19.1 Å². The first-order chi connectivity index (χ1) is 14.8. The lowest BCUT2D eigenvalue weighted by Crippen LogP contribution is -2.34. The van der Waals surface area contributed by atoms with E-state index in [0.29, 0.717) is 17.1 Å². The average molecular weight is 420 g/mol. The van der Waals surface area contributed by atoms with Gasteiger partial charge in [0.1, 0.15) is 5.75 Å². The van der Waals surface area contributed by atoms with Crippen LogP contribution in [0.4, 0.5) is 5.69 Å². The van der Waals surface area contributed by atoms with Crippen molar-refractivity contribution in [3.05, 3.63) is 76.4 Å². The van der Waals surface area contributed by atoms with Crippen LogP contribution >= 0.6 is 0 Å². The molecule has 8 heteroatoms. The highest BCUT2D eigenvalue weighted by molar-refractivity contribution is 6.06. The number of nitrogens with zero attached hydrogens (tertiary/aromatic N) is 2. The predicted molar refractivity (Wildman–Crippen MR) is 116 cm³/mol. The molecule has 0 aliphatic carbocycles. The van der Waals surface area contributed by atoms with Crippen molar-refractivity contribution in [1.29, 1.82) is 5.41 Å². The molecule has 0 saturated heterocycles. The maximum absolute atomic E-state index is 13.1. The van der Waals surface area contributed by atoms with Crippen LogP contribution in [0.1, 0.15) is 38.9 Å². The van der Waals surface area contributed by atoms with E-state index in [-0.39, 0.29) is 28.9 Å². The summed E-state index contributed by atoms with van der Waals surface area (Å²) in [6.07, 6.45) is 0. The summed E-state index contributed by atoms with van der Waals surface area (Å²) >= 11 is 0. The third kappa shape index (κ3) is 4.63. The van der Waals surface area contributed by atoms with Gasteiger partial charge >= 0.3 is 5.97 Å². The zero-order chi connectivity index (χ0) is 22.5. The van der Waals surface area contributed by atoms with E-state index in [4.69, 9.17) is 14.9 Å². The van der Waals surface area contributed by atoms with Gasteiger partial charge in [-0.25, -0.2) is 9.48 Å². The van der Waals surface area contributed by atoms with Crippen LogP contribution in [-0.4, -0.2) is 35.4 Å². The Morgan fingerprint density at radius 3 is 2.29 bits per heavy atom. The van der Waals surface area contributed by atoms with Crippen molar-refractivity contribution in [3.8, 4) is 11.4 Å². The van der Waals surface area contributed by atoms with E-state index >= 15 is 0 Å². The van der Waals surface area contributed by atoms with Crippen LogP contribution in [0, 0.1) is 19.3 Å². The summed E-state index contributed by atoms with van der Waals surface area (Å²) in [6, 6.07) is 14.1. The molecule has 160 valence electrons. The van der Waals surface area contributed by atoms with Crippen molar-refractivity contribution in [3.63, 3.8) is 0 Å². The summed E-state index contributed by atoms with van der Waals surface area (Å²) in [7, 11) is 1.55. The Kier molecular flexibility index (Phi) is 6.49. The molecule has 0 bridgehead atoms. The van der Waals surface area contributed by atoms with E-state index in [0.717, 1.165) is 5.56 Å². The molecule has 0 saturated carbocycles. The van der Waals surface area contributed by atoms with Crippen LogP contribution in [0.15, 0.2) is 48.5 Å². The number of aryl methyl sites for hydroxylation is 1. The van der Waals surface area contributed by atoms with Gasteiger partial charge in [-0.05, 0) is 57.2 Å². The van der Waals surface area contributed by atoms with Gasteiger partial charge in [0.05, 0.1) is 25.0 Å². The van der Waals surface area contributed by atoms with Crippen molar-refractivity contribution in [2.45, 2.75) is 20.8 Å². The fourth-order valence-corrected chi connectivity index (χ4v) is 3.04. The number of esters is 1. The summed E-state index contributed by atoms with van der Waals surface area (Å²) < 4.78 is 11.5.